The van der Waals surface area contributed by atoms with Gasteiger partial charge in [0.2, 0.25) is 5.91 Å². The Kier molecular flexibility index (Phi) is 5.68. The quantitative estimate of drug-likeness (QED) is 0.827. The van der Waals surface area contributed by atoms with Gasteiger partial charge in [0.15, 0.2) is 11.5 Å². The van der Waals surface area contributed by atoms with Crippen LogP contribution < -0.4 is 20.1 Å². The summed E-state index contributed by atoms with van der Waals surface area (Å²) in [7, 11) is 0. The largest absolute Gasteiger partial charge is 0.490 e. The zero-order valence-electron chi connectivity index (χ0n) is 11.9. The molecule has 1 aliphatic rings. The van der Waals surface area contributed by atoms with E-state index in [1.54, 1.807) is 0 Å². The molecule has 0 saturated carbocycles. The molecule has 0 bridgehead atoms. The van der Waals surface area contributed by atoms with Crippen LogP contribution in [0.2, 0.25) is 0 Å². The van der Waals surface area contributed by atoms with Crippen molar-refractivity contribution in [3.8, 4) is 11.5 Å². The molecule has 0 atom stereocenters. The van der Waals surface area contributed by atoms with Crippen molar-refractivity contribution < 1.29 is 14.3 Å². The molecular formula is C15H22N2O3. The Labute approximate surface area is 119 Å². The van der Waals surface area contributed by atoms with Gasteiger partial charge in [-0.1, -0.05) is 19.1 Å². The summed E-state index contributed by atoms with van der Waals surface area (Å²) in [4.78, 5) is 11.5. The number of benzene rings is 1. The van der Waals surface area contributed by atoms with Crippen molar-refractivity contribution in [1.82, 2.24) is 10.6 Å². The van der Waals surface area contributed by atoms with Gasteiger partial charge in [0.25, 0.3) is 0 Å². The van der Waals surface area contributed by atoms with Gasteiger partial charge in [-0.05, 0) is 12.5 Å². The first-order chi connectivity index (χ1) is 9.81. The second kappa shape index (κ2) is 7.75. The molecule has 1 aromatic rings. The fraction of sp³-hybridized carbons (Fsp3) is 0.533. The second-order valence-corrected chi connectivity index (χ2v) is 4.75. The molecular weight excluding hydrogens is 256 g/mol. The molecule has 0 saturated heterocycles. The van der Waals surface area contributed by atoms with E-state index < -0.39 is 0 Å². The summed E-state index contributed by atoms with van der Waals surface area (Å²) < 4.78 is 11.4. The summed E-state index contributed by atoms with van der Waals surface area (Å²) in [5.74, 6) is 1.61. The highest BCUT2D eigenvalue weighted by atomic mass is 16.5. The molecule has 5 nitrogen and oxygen atoms in total. The third-order valence-corrected chi connectivity index (χ3v) is 3.03. The minimum absolute atomic E-state index is 0.0195. The predicted molar refractivity (Wildman–Crippen MR) is 77.1 cm³/mol. The number of rotatable bonds is 6. The second-order valence-electron chi connectivity index (χ2n) is 4.75. The maximum absolute atomic E-state index is 11.5. The van der Waals surface area contributed by atoms with Gasteiger partial charge in [-0.3, -0.25) is 4.79 Å². The third kappa shape index (κ3) is 4.13. The van der Waals surface area contributed by atoms with Crippen LogP contribution in [-0.2, 0) is 11.3 Å². The highest BCUT2D eigenvalue weighted by Gasteiger charge is 2.14. The lowest BCUT2D eigenvalue weighted by atomic mass is 10.2. The van der Waals surface area contributed by atoms with Crippen molar-refractivity contribution in [3.63, 3.8) is 0 Å². The minimum atomic E-state index is 0.0195. The normalized spacial score (nSPS) is 13.7. The summed E-state index contributed by atoms with van der Waals surface area (Å²) in [6, 6.07) is 5.85. The number of hydrogen-bond acceptors (Lipinski definition) is 4. The van der Waals surface area contributed by atoms with Crippen LogP contribution in [0.15, 0.2) is 18.2 Å². The molecule has 0 aromatic heterocycles. The number of carbonyl (C=O) groups is 1. The van der Waals surface area contributed by atoms with Crippen LogP contribution in [-0.4, -0.2) is 32.2 Å². The molecule has 0 fully saturated rings. The zero-order chi connectivity index (χ0) is 14.2. The van der Waals surface area contributed by atoms with E-state index in [1.807, 2.05) is 25.1 Å². The first-order valence-corrected chi connectivity index (χ1v) is 7.16. The van der Waals surface area contributed by atoms with E-state index in [9.17, 15) is 4.79 Å². The number of para-hydroxylation sites is 1. The maximum atomic E-state index is 11.5. The standard InChI is InChI=1S/C15H22N2O3/c1-2-7-17-14(18)11-16-10-12-5-3-6-13-15(12)20-9-4-8-19-13/h3,5-6,16H,2,4,7-11H2,1H3,(H,17,18). The average Bonchev–Trinajstić information content (AvgIpc) is 2.71. The number of carbonyl (C=O) groups excluding carboxylic acids is 1. The van der Waals surface area contributed by atoms with Crippen molar-refractivity contribution in [2.75, 3.05) is 26.3 Å². The van der Waals surface area contributed by atoms with Gasteiger partial charge in [0, 0.05) is 25.1 Å². The van der Waals surface area contributed by atoms with E-state index in [1.165, 1.54) is 0 Å². The molecule has 0 aliphatic carbocycles. The molecule has 2 rings (SSSR count). The smallest absolute Gasteiger partial charge is 0.233 e. The van der Waals surface area contributed by atoms with Crippen LogP contribution in [0.4, 0.5) is 0 Å². The summed E-state index contributed by atoms with van der Waals surface area (Å²) in [6.45, 7) is 5.00. The summed E-state index contributed by atoms with van der Waals surface area (Å²) >= 11 is 0. The lowest BCUT2D eigenvalue weighted by Crippen LogP contribution is -2.34. The van der Waals surface area contributed by atoms with Crippen molar-refractivity contribution >= 4 is 5.91 Å². The zero-order valence-corrected chi connectivity index (χ0v) is 11.9. The van der Waals surface area contributed by atoms with Gasteiger partial charge in [0.1, 0.15) is 0 Å². The monoisotopic (exact) mass is 278 g/mol. The van der Waals surface area contributed by atoms with Crippen LogP contribution in [0.1, 0.15) is 25.3 Å². The Hall–Kier alpha value is -1.75. The maximum Gasteiger partial charge on any atom is 0.233 e. The van der Waals surface area contributed by atoms with Crippen molar-refractivity contribution in [2.45, 2.75) is 26.3 Å². The first kappa shape index (κ1) is 14.7. The molecule has 1 heterocycles. The summed E-state index contributed by atoms with van der Waals surface area (Å²) in [6.07, 6.45) is 1.84. The van der Waals surface area contributed by atoms with Crippen LogP contribution >= 0.6 is 0 Å². The van der Waals surface area contributed by atoms with Crippen molar-refractivity contribution in [2.24, 2.45) is 0 Å². The fourth-order valence-electron chi connectivity index (χ4n) is 2.03. The average molecular weight is 278 g/mol. The Morgan fingerprint density at radius 3 is 3.00 bits per heavy atom. The number of fused-ring (bicyclic) bond motifs is 1. The van der Waals surface area contributed by atoms with Gasteiger partial charge in [-0.25, -0.2) is 0 Å². The molecule has 0 radical (unpaired) electrons. The van der Waals surface area contributed by atoms with Gasteiger partial charge in [0.05, 0.1) is 19.8 Å². The lowest BCUT2D eigenvalue weighted by Gasteiger charge is -2.13. The first-order valence-electron chi connectivity index (χ1n) is 7.16. The van der Waals surface area contributed by atoms with E-state index in [0.717, 1.165) is 36.4 Å². The Morgan fingerprint density at radius 1 is 1.30 bits per heavy atom. The van der Waals surface area contributed by atoms with Crippen LogP contribution in [0.25, 0.3) is 0 Å². The van der Waals surface area contributed by atoms with Crippen LogP contribution in [0.3, 0.4) is 0 Å². The van der Waals surface area contributed by atoms with Gasteiger partial charge in [-0.15, -0.1) is 0 Å². The fourth-order valence-corrected chi connectivity index (χ4v) is 2.03. The van der Waals surface area contributed by atoms with Crippen molar-refractivity contribution in [3.05, 3.63) is 23.8 Å². The molecule has 0 unspecified atom stereocenters. The van der Waals surface area contributed by atoms with Gasteiger partial charge in [-0.2, -0.15) is 0 Å². The molecule has 2 N–H and O–H groups in total. The van der Waals surface area contributed by atoms with Gasteiger partial charge >= 0.3 is 0 Å². The Bertz CT molecular complexity index is 449. The molecule has 1 amide bonds. The molecule has 1 aromatic carbocycles. The molecule has 1 aliphatic heterocycles. The molecule has 5 heteroatoms. The van der Waals surface area contributed by atoms with E-state index in [0.29, 0.717) is 26.3 Å². The number of hydrogen-bond donors (Lipinski definition) is 2. The van der Waals surface area contributed by atoms with E-state index in [2.05, 4.69) is 10.6 Å². The van der Waals surface area contributed by atoms with E-state index >= 15 is 0 Å². The van der Waals surface area contributed by atoms with Crippen LogP contribution in [0.5, 0.6) is 11.5 Å². The number of ether oxygens (including phenoxy) is 2. The number of amides is 1. The third-order valence-electron chi connectivity index (χ3n) is 3.03. The lowest BCUT2D eigenvalue weighted by molar-refractivity contribution is -0.120. The number of nitrogens with one attached hydrogen (secondary N) is 2. The topological polar surface area (TPSA) is 59.6 Å². The molecule has 20 heavy (non-hydrogen) atoms. The Balaban J connectivity index is 1.88. The highest BCUT2D eigenvalue weighted by Crippen LogP contribution is 2.32. The molecule has 110 valence electrons. The van der Waals surface area contributed by atoms with Crippen LogP contribution in [0, 0.1) is 0 Å². The van der Waals surface area contributed by atoms with E-state index in [4.69, 9.17) is 9.47 Å². The van der Waals surface area contributed by atoms with E-state index in [-0.39, 0.29) is 5.91 Å². The Morgan fingerprint density at radius 2 is 2.15 bits per heavy atom. The highest BCUT2D eigenvalue weighted by molar-refractivity contribution is 5.77. The molecule has 0 spiro atoms. The minimum Gasteiger partial charge on any atom is -0.490 e. The summed E-state index contributed by atoms with van der Waals surface area (Å²) in [5.41, 5.74) is 1.02. The van der Waals surface area contributed by atoms with Gasteiger partial charge < -0.3 is 20.1 Å². The predicted octanol–water partition coefficient (Wildman–Crippen LogP) is 1.46. The summed E-state index contributed by atoms with van der Waals surface area (Å²) in [5, 5.41) is 5.97. The SMILES string of the molecule is CCCNC(=O)CNCc1cccc2c1OCCCO2. The van der Waals surface area contributed by atoms with Crippen molar-refractivity contribution in [1.29, 1.82) is 0 Å².